The summed E-state index contributed by atoms with van der Waals surface area (Å²) in [7, 11) is 0. The minimum absolute atomic E-state index is 0.313. The highest BCUT2D eigenvalue weighted by Gasteiger charge is 2.22. The average molecular weight is 301 g/mol. The van der Waals surface area contributed by atoms with Gasteiger partial charge in [-0.25, -0.2) is 4.79 Å². The first-order valence-corrected chi connectivity index (χ1v) is 7.03. The van der Waals surface area contributed by atoms with Crippen LogP contribution in [0.1, 0.15) is 17.3 Å². The highest BCUT2D eigenvalue weighted by Crippen LogP contribution is 2.34. The van der Waals surface area contributed by atoms with Crippen molar-refractivity contribution in [2.24, 2.45) is 0 Å². The fourth-order valence-electron chi connectivity index (χ4n) is 2.28. The first kappa shape index (κ1) is 13.7. The summed E-state index contributed by atoms with van der Waals surface area (Å²) in [5.74, 6) is 0.0922. The predicted molar refractivity (Wildman–Crippen MR) is 82.6 cm³/mol. The smallest absolute Gasteiger partial charge is 0.342 e. The van der Waals surface area contributed by atoms with Crippen LogP contribution < -0.4 is 0 Å². The summed E-state index contributed by atoms with van der Waals surface area (Å²) >= 11 is 6.03. The number of ether oxygens (including phenoxy) is 1. The number of halogens is 1. The van der Waals surface area contributed by atoms with Crippen molar-refractivity contribution in [3.8, 4) is 11.3 Å². The van der Waals surface area contributed by atoms with Crippen molar-refractivity contribution in [3.05, 3.63) is 59.1 Å². The molecular formula is C17H13ClO3. The van der Waals surface area contributed by atoms with Gasteiger partial charge in [0.15, 0.2) is 0 Å². The molecule has 3 aromatic rings. The zero-order valence-corrected chi connectivity index (χ0v) is 12.2. The van der Waals surface area contributed by atoms with Gasteiger partial charge in [-0.2, -0.15) is 0 Å². The van der Waals surface area contributed by atoms with Crippen molar-refractivity contribution in [3.63, 3.8) is 0 Å². The molecule has 0 unspecified atom stereocenters. The zero-order chi connectivity index (χ0) is 14.8. The van der Waals surface area contributed by atoms with E-state index in [1.165, 1.54) is 0 Å². The van der Waals surface area contributed by atoms with Gasteiger partial charge in [0.25, 0.3) is 0 Å². The van der Waals surface area contributed by atoms with Crippen LogP contribution in [0.4, 0.5) is 0 Å². The van der Waals surface area contributed by atoms with Gasteiger partial charge >= 0.3 is 5.97 Å². The molecule has 0 N–H and O–H groups in total. The number of esters is 1. The number of carbonyl (C=O) groups excluding carboxylic acids is 1. The van der Waals surface area contributed by atoms with E-state index in [-0.39, 0.29) is 0 Å². The molecule has 0 spiro atoms. The van der Waals surface area contributed by atoms with Gasteiger partial charge in [-0.3, -0.25) is 0 Å². The normalized spacial score (nSPS) is 10.8. The highest BCUT2D eigenvalue weighted by molar-refractivity contribution is 6.30. The third kappa shape index (κ3) is 2.52. The lowest BCUT2D eigenvalue weighted by atomic mass is 10.1. The molecule has 2 aromatic carbocycles. The molecule has 0 saturated heterocycles. The first-order valence-electron chi connectivity index (χ1n) is 6.65. The quantitative estimate of drug-likeness (QED) is 0.644. The molecule has 4 heteroatoms. The van der Waals surface area contributed by atoms with Crippen LogP contribution in [0.3, 0.4) is 0 Å². The van der Waals surface area contributed by atoms with Gasteiger partial charge in [0.2, 0.25) is 0 Å². The number of hydrogen-bond donors (Lipinski definition) is 0. The van der Waals surface area contributed by atoms with Gasteiger partial charge in [-0.1, -0.05) is 41.9 Å². The van der Waals surface area contributed by atoms with Gasteiger partial charge in [0, 0.05) is 16.0 Å². The minimum Gasteiger partial charge on any atom is -0.462 e. The summed E-state index contributed by atoms with van der Waals surface area (Å²) in [6.07, 6.45) is 0. The summed E-state index contributed by atoms with van der Waals surface area (Å²) in [5.41, 5.74) is 1.84. The van der Waals surface area contributed by atoms with Gasteiger partial charge in [0.05, 0.1) is 6.61 Å². The van der Waals surface area contributed by atoms with Crippen molar-refractivity contribution in [1.29, 1.82) is 0 Å². The Labute approximate surface area is 127 Å². The fraction of sp³-hybridized carbons (Fsp3) is 0.118. The Balaban J connectivity index is 2.26. The maximum absolute atomic E-state index is 12.3. The van der Waals surface area contributed by atoms with Crippen molar-refractivity contribution in [1.82, 2.24) is 0 Å². The Kier molecular flexibility index (Phi) is 3.67. The van der Waals surface area contributed by atoms with Crippen LogP contribution >= 0.6 is 11.6 Å². The maximum atomic E-state index is 12.3. The minimum atomic E-state index is -0.391. The summed E-state index contributed by atoms with van der Waals surface area (Å²) in [6, 6.07) is 14.6. The second-order valence-electron chi connectivity index (χ2n) is 4.53. The van der Waals surface area contributed by atoms with Crippen molar-refractivity contribution in [2.45, 2.75) is 6.92 Å². The fourth-order valence-corrected chi connectivity index (χ4v) is 2.47. The zero-order valence-electron chi connectivity index (χ0n) is 11.4. The topological polar surface area (TPSA) is 39.4 Å². The van der Waals surface area contributed by atoms with E-state index >= 15 is 0 Å². The van der Waals surface area contributed by atoms with Crippen molar-refractivity contribution in [2.75, 3.05) is 6.61 Å². The van der Waals surface area contributed by atoms with Crippen molar-refractivity contribution < 1.29 is 13.9 Å². The monoisotopic (exact) mass is 300 g/mol. The number of hydrogen-bond acceptors (Lipinski definition) is 3. The summed E-state index contributed by atoms with van der Waals surface area (Å²) < 4.78 is 11.0. The van der Waals surface area contributed by atoms with Gasteiger partial charge in [-0.05, 0) is 25.1 Å². The molecule has 0 radical (unpaired) electrons. The molecule has 0 saturated carbocycles. The molecule has 3 rings (SSSR count). The van der Waals surface area contributed by atoms with Crippen LogP contribution in [0.5, 0.6) is 0 Å². The SMILES string of the molecule is CCOC(=O)c1c(-c2cccc(Cl)c2)oc2ccccc12. The van der Waals surface area contributed by atoms with Crippen LogP contribution in [0.2, 0.25) is 5.02 Å². The first-order chi connectivity index (χ1) is 10.2. The third-order valence-corrected chi connectivity index (χ3v) is 3.40. The Morgan fingerprint density at radius 1 is 1.19 bits per heavy atom. The van der Waals surface area contributed by atoms with E-state index in [0.29, 0.717) is 28.5 Å². The lowest BCUT2D eigenvalue weighted by Crippen LogP contribution is -2.05. The number of carbonyl (C=O) groups is 1. The molecule has 0 aliphatic heterocycles. The largest absolute Gasteiger partial charge is 0.462 e. The van der Waals surface area contributed by atoms with Gasteiger partial charge in [-0.15, -0.1) is 0 Å². The van der Waals surface area contributed by atoms with Gasteiger partial charge in [0.1, 0.15) is 16.9 Å². The van der Waals surface area contributed by atoms with Crippen LogP contribution in [0.15, 0.2) is 52.9 Å². The predicted octanol–water partition coefficient (Wildman–Crippen LogP) is 4.93. The van der Waals surface area contributed by atoms with E-state index in [0.717, 1.165) is 10.9 Å². The van der Waals surface area contributed by atoms with E-state index in [9.17, 15) is 4.79 Å². The molecule has 106 valence electrons. The molecule has 0 bridgehead atoms. The molecule has 0 amide bonds. The van der Waals surface area contributed by atoms with E-state index in [1.54, 1.807) is 19.1 Å². The van der Waals surface area contributed by atoms with Crippen molar-refractivity contribution >= 4 is 28.5 Å². The highest BCUT2D eigenvalue weighted by atomic mass is 35.5. The lowest BCUT2D eigenvalue weighted by molar-refractivity contribution is 0.0529. The molecule has 0 fully saturated rings. The van der Waals surface area contributed by atoms with Gasteiger partial charge < -0.3 is 9.15 Å². The Hall–Kier alpha value is -2.26. The molecule has 1 aromatic heterocycles. The Morgan fingerprint density at radius 3 is 2.76 bits per heavy atom. The number of para-hydroxylation sites is 1. The molecule has 0 atom stereocenters. The molecule has 1 heterocycles. The number of fused-ring (bicyclic) bond motifs is 1. The molecule has 0 aliphatic rings. The van der Waals surface area contributed by atoms with E-state index in [1.807, 2.05) is 36.4 Å². The summed E-state index contributed by atoms with van der Waals surface area (Å²) in [4.78, 5) is 12.3. The second kappa shape index (κ2) is 5.62. The van der Waals surface area contributed by atoms with E-state index < -0.39 is 5.97 Å². The molecular weight excluding hydrogens is 288 g/mol. The standard InChI is InChI=1S/C17H13ClO3/c1-2-20-17(19)15-13-8-3-4-9-14(13)21-16(15)11-6-5-7-12(18)10-11/h3-10H,2H2,1H3. The molecule has 3 nitrogen and oxygen atoms in total. The summed E-state index contributed by atoms with van der Waals surface area (Å²) in [5, 5.41) is 1.33. The van der Waals surface area contributed by atoms with Crippen LogP contribution in [0.25, 0.3) is 22.3 Å². The molecule has 0 aliphatic carbocycles. The number of benzene rings is 2. The summed E-state index contributed by atoms with van der Waals surface area (Å²) in [6.45, 7) is 2.09. The maximum Gasteiger partial charge on any atom is 0.342 e. The number of rotatable bonds is 3. The number of furan rings is 1. The lowest BCUT2D eigenvalue weighted by Gasteiger charge is -2.03. The van der Waals surface area contributed by atoms with Crippen LogP contribution in [-0.4, -0.2) is 12.6 Å². The molecule has 21 heavy (non-hydrogen) atoms. The van der Waals surface area contributed by atoms with E-state index in [2.05, 4.69) is 0 Å². The van der Waals surface area contributed by atoms with E-state index in [4.69, 9.17) is 20.8 Å². The average Bonchev–Trinajstić information content (AvgIpc) is 2.87. The second-order valence-corrected chi connectivity index (χ2v) is 4.97. The third-order valence-electron chi connectivity index (χ3n) is 3.16. The van der Waals surface area contributed by atoms with Crippen LogP contribution in [-0.2, 0) is 4.74 Å². The Bertz CT molecular complexity index is 805. The Morgan fingerprint density at radius 2 is 2.00 bits per heavy atom. The van der Waals surface area contributed by atoms with Crippen LogP contribution in [0, 0.1) is 0 Å².